The SMILES string of the molecule is CC1(C)SC(c2ccc(Cl)cc2)=NN1C(=O)Nc1ccc(OC(F)(F)F)cc1. The van der Waals surface area contributed by atoms with Gasteiger partial charge in [0.2, 0.25) is 0 Å². The lowest BCUT2D eigenvalue weighted by Gasteiger charge is -2.27. The van der Waals surface area contributed by atoms with Gasteiger partial charge < -0.3 is 10.1 Å². The van der Waals surface area contributed by atoms with Crippen LogP contribution in [0.1, 0.15) is 19.4 Å². The predicted molar refractivity (Wildman–Crippen MR) is 104 cm³/mol. The second-order valence-corrected chi connectivity index (χ2v) is 8.30. The summed E-state index contributed by atoms with van der Waals surface area (Å²) in [7, 11) is 0. The van der Waals surface area contributed by atoms with Crippen molar-refractivity contribution < 1.29 is 22.7 Å². The lowest BCUT2D eigenvalue weighted by atomic mass is 10.2. The molecule has 1 N–H and O–H groups in total. The maximum absolute atomic E-state index is 12.6. The molecule has 2 aromatic rings. The molecule has 5 nitrogen and oxygen atoms in total. The van der Waals surface area contributed by atoms with E-state index in [1.165, 1.54) is 28.9 Å². The van der Waals surface area contributed by atoms with Crippen LogP contribution < -0.4 is 10.1 Å². The number of nitrogens with zero attached hydrogens (tertiary/aromatic N) is 2. The van der Waals surface area contributed by atoms with Crippen LogP contribution in [0.15, 0.2) is 53.6 Å². The number of amides is 2. The summed E-state index contributed by atoms with van der Waals surface area (Å²) < 4.78 is 40.5. The van der Waals surface area contributed by atoms with Crippen LogP contribution in [0.2, 0.25) is 5.02 Å². The largest absolute Gasteiger partial charge is 0.573 e. The Hall–Kier alpha value is -2.39. The molecule has 1 heterocycles. The summed E-state index contributed by atoms with van der Waals surface area (Å²) in [5.41, 5.74) is 1.14. The Balaban J connectivity index is 1.73. The molecular weight excluding hydrogens is 415 g/mol. The molecule has 0 saturated heterocycles. The Morgan fingerprint density at radius 1 is 1.14 bits per heavy atom. The minimum Gasteiger partial charge on any atom is -0.406 e. The van der Waals surface area contributed by atoms with Crippen molar-refractivity contribution >= 4 is 40.1 Å². The molecule has 0 radical (unpaired) electrons. The number of hydrogen-bond acceptors (Lipinski definition) is 4. The van der Waals surface area contributed by atoms with Gasteiger partial charge in [0.15, 0.2) is 0 Å². The molecule has 3 rings (SSSR count). The maximum atomic E-state index is 12.6. The molecule has 1 aliphatic heterocycles. The van der Waals surface area contributed by atoms with Gasteiger partial charge in [0.1, 0.15) is 15.7 Å². The van der Waals surface area contributed by atoms with Crippen molar-refractivity contribution in [2.24, 2.45) is 5.10 Å². The van der Waals surface area contributed by atoms with E-state index < -0.39 is 17.3 Å². The quantitative estimate of drug-likeness (QED) is 0.659. The van der Waals surface area contributed by atoms with Crippen molar-refractivity contribution in [1.82, 2.24) is 5.01 Å². The fourth-order valence-electron chi connectivity index (χ4n) is 2.43. The van der Waals surface area contributed by atoms with Crippen molar-refractivity contribution in [3.63, 3.8) is 0 Å². The first-order valence-corrected chi connectivity index (χ1v) is 9.23. The second-order valence-electron chi connectivity index (χ2n) is 6.27. The standard InChI is InChI=1S/C18H15ClF3N3O2S/c1-17(2)25(24-15(28-17)11-3-5-12(19)6-4-11)16(26)23-13-7-9-14(10-8-13)27-18(20,21)22/h3-10H,1-2H3,(H,23,26). The van der Waals surface area contributed by atoms with Crippen LogP contribution in [0.25, 0.3) is 0 Å². The van der Waals surface area contributed by atoms with Gasteiger partial charge in [-0.2, -0.15) is 10.1 Å². The van der Waals surface area contributed by atoms with Gasteiger partial charge in [-0.05, 0) is 50.2 Å². The number of rotatable bonds is 3. The van der Waals surface area contributed by atoms with E-state index in [9.17, 15) is 18.0 Å². The third kappa shape index (κ3) is 4.90. The first-order chi connectivity index (χ1) is 13.0. The maximum Gasteiger partial charge on any atom is 0.573 e. The van der Waals surface area contributed by atoms with E-state index in [1.807, 2.05) is 26.0 Å². The molecule has 0 spiro atoms. The van der Waals surface area contributed by atoms with E-state index in [0.29, 0.717) is 15.8 Å². The molecule has 28 heavy (non-hydrogen) atoms. The molecule has 0 aliphatic carbocycles. The number of benzene rings is 2. The highest BCUT2D eigenvalue weighted by Gasteiger charge is 2.39. The highest BCUT2D eigenvalue weighted by molar-refractivity contribution is 8.15. The molecule has 0 unspecified atom stereocenters. The number of ether oxygens (including phenoxy) is 1. The minimum absolute atomic E-state index is 0.315. The Morgan fingerprint density at radius 3 is 2.32 bits per heavy atom. The van der Waals surface area contributed by atoms with Crippen LogP contribution in [0.3, 0.4) is 0 Å². The Bertz CT molecular complexity index is 900. The highest BCUT2D eigenvalue weighted by Crippen LogP contribution is 2.39. The summed E-state index contributed by atoms with van der Waals surface area (Å²) in [5, 5.41) is 9.55. The number of hydrazone groups is 1. The molecule has 10 heteroatoms. The van der Waals surface area contributed by atoms with E-state index >= 15 is 0 Å². The van der Waals surface area contributed by atoms with Crippen LogP contribution in [-0.4, -0.2) is 27.3 Å². The van der Waals surface area contributed by atoms with Crippen molar-refractivity contribution in [2.45, 2.75) is 25.1 Å². The number of urea groups is 1. The van der Waals surface area contributed by atoms with Crippen LogP contribution in [0.4, 0.5) is 23.7 Å². The van der Waals surface area contributed by atoms with Crippen LogP contribution in [-0.2, 0) is 0 Å². The summed E-state index contributed by atoms with van der Waals surface area (Å²) in [6, 6.07) is 11.5. The van der Waals surface area contributed by atoms with Crippen LogP contribution in [0.5, 0.6) is 5.75 Å². The van der Waals surface area contributed by atoms with E-state index in [1.54, 1.807) is 12.1 Å². The van der Waals surface area contributed by atoms with E-state index in [2.05, 4.69) is 15.2 Å². The number of carbonyl (C=O) groups is 1. The van der Waals surface area contributed by atoms with Crippen molar-refractivity contribution in [1.29, 1.82) is 0 Å². The Morgan fingerprint density at radius 2 is 1.75 bits per heavy atom. The van der Waals surface area contributed by atoms with Crippen molar-refractivity contribution in [3.8, 4) is 5.75 Å². The normalized spacial score (nSPS) is 15.9. The molecular formula is C18H15ClF3N3O2S. The van der Waals surface area contributed by atoms with Gasteiger partial charge >= 0.3 is 12.4 Å². The van der Waals surface area contributed by atoms with Gasteiger partial charge in [-0.3, -0.25) is 0 Å². The van der Waals surface area contributed by atoms with Crippen LogP contribution in [0, 0.1) is 0 Å². The Labute approximate surface area is 168 Å². The fraction of sp³-hybridized carbons (Fsp3) is 0.222. The number of thioether (sulfide) groups is 1. The monoisotopic (exact) mass is 429 g/mol. The molecule has 2 amide bonds. The average molecular weight is 430 g/mol. The number of anilines is 1. The molecule has 148 valence electrons. The summed E-state index contributed by atoms with van der Waals surface area (Å²) >= 11 is 7.31. The van der Waals surface area contributed by atoms with E-state index in [-0.39, 0.29) is 5.75 Å². The Kier molecular flexibility index (Phi) is 5.49. The molecule has 0 saturated carbocycles. The highest BCUT2D eigenvalue weighted by atomic mass is 35.5. The summed E-state index contributed by atoms with van der Waals surface area (Å²) in [5.74, 6) is -0.370. The fourth-order valence-corrected chi connectivity index (χ4v) is 3.61. The topological polar surface area (TPSA) is 53.9 Å². The molecule has 0 aromatic heterocycles. The molecule has 0 fully saturated rings. The zero-order chi connectivity index (χ0) is 20.5. The second kappa shape index (κ2) is 7.56. The molecule has 0 bridgehead atoms. The molecule has 0 atom stereocenters. The van der Waals surface area contributed by atoms with Gasteiger partial charge in [0, 0.05) is 16.3 Å². The third-order valence-electron chi connectivity index (χ3n) is 3.67. The van der Waals surface area contributed by atoms with Gasteiger partial charge in [0.25, 0.3) is 0 Å². The predicted octanol–water partition coefficient (Wildman–Crippen LogP) is 5.92. The molecule has 2 aromatic carbocycles. The summed E-state index contributed by atoms with van der Waals surface area (Å²) in [6.07, 6.45) is -4.77. The van der Waals surface area contributed by atoms with Crippen LogP contribution >= 0.6 is 23.4 Å². The first-order valence-electron chi connectivity index (χ1n) is 8.04. The van der Waals surface area contributed by atoms with Gasteiger partial charge in [-0.25, -0.2) is 4.79 Å². The average Bonchev–Trinajstić information content (AvgIpc) is 2.91. The minimum atomic E-state index is -4.77. The lowest BCUT2D eigenvalue weighted by molar-refractivity contribution is -0.274. The van der Waals surface area contributed by atoms with Crippen molar-refractivity contribution in [2.75, 3.05) is 5.32 Å². The zero-order valence-corrected chi connectivity index (χ0v) is 16.3. The lowest BCUT2D eigenvalue weighted by Crippen LogP contribution is -2.41. The van der Waals surface area contributed by atoms with Gasteiger partial charge in [-0.1, -0.05) is 35.5 Å². The number of hydrogen-bond donors (Lipinski definition) is 1. The number of carbonyl (C=O) groups excluding carboxylic acids is 1. The van der Waals surface area contributed by atoms with Gasteiger partial charge in [0.05, 0.1) is 0 Å². The third-order valence-corrected chi connectivity index (χ3v) is 5.11. The van der Waals surface area contributed by atoms with E-state index in [4.69, 9.17) is 11.6 Å². The number of nitrogens with one attached hydrogen (secondary N) is 1. The summed E-state index contributed by atoms with van der Waals surface area (Å²) in [4.78, 5) is 12.0. The van der Waals surface area contributed by atoms with Crippen molar-refractivity contribution in [3.05, 3.63) is 59.1 Å². The zero-order valence-electron chi connectivity index (χ0n) is 14.7. The smallest absolute Gasteiger partial charge is 0.406 e. The molecule has 1 aliphatic rings. The number of halogens is 4. The first kappa shape index (κ1) is 20.3. The number of alkyl halides is 3. The van der Waals surface area contributed by atoms with Gasteiger partial charge in [-0.15, -0.1) is 13.2 Å². The van der Waals surface area contributed by atoms with E-state index in [0.717, 1.165) is 17.7 Å². The summed E-state index contributed by atoms with van der Waals surface area (Å²) in [6.45, 7) is 3.67.